The number of carbonyl (C=O) groups is 1. The second kappa shape index (κ2) is 15.8. The van der Waals surface area contributed by atoms with Crippen molar-refractivity contribution < 1.29 is 4.79 Å². The van der Waals surface area contributed by atoms with Gasteiger partial charge < -0.3 is 16.0 Å². The minimum atomic E-state index is -0.112. The van der Waals surface area contributed by atoms with Crippen LogP contribution in [-0.2, 0) is 0 Å². The van der Waals surface area contributed by atoms with Crippen LogP contribution in [-0.4, -0.2) is 43.5 Å². The summed E-state index contributed by atoms with van der Waals surface area (Å²) < 4.78 is 0. The Morgan fingerprint density at radius 3 is 2.42 bits per heavy atom. The van der Waals surface area contributed by atoms with E-state index in [-0.39, 0.29) is 29.9 Å². The highest BCUT2D eigenvalue weighted by molar-refractivity contribution is 14.0. The Bertz CT molecular complexity index is 508. The molecule has 0 atom stereocenters. The van der Waals surface area contributed by atoms with Crippen molar-refractivity contribution in [2.45, 2.75) is 46.0 Å². The first-order valence-corrected chi connectivity index (χ1v) is 9.26. The fraction of sp³-hybridized carbons (Fsp3) is 0.632. The van der Waals surface area contributed by atoms with Crippen LogP contribution in [0.2, 0.25) is 0 Å². The number of halogens is 1. The molecule has 0 aliphatic rings. The number of guanidine groups is 1. The van der Waals surface area contributed by atoms with E-state index in [1.165, 1.54) is 25.7 Å². The molecule has 1 amide bonds. The summed E-state index contributed by atoms with van der Waals surface area (Å²) >= 11 is 0. The van der Waals surface area contributed by atoms with Crippen molar-refractivity contribution >= 4 is 35.8 Å². The van der Waals surface area contributed by atoms with E-state index in [4.69, 9.17) is 0 Å². The van der Waals surface area contributed by atoms with E-state index >= 15 is 0 Å². The Balaban J connectivity index is 0.00000625. The Labute approximate surface area is 175 Å². The maximum absolute atomic E-state index is 11.9. The van der Waals surface area contributed by atoms with Crippen molar-refractivity contribution in [3.63, 3.8) is 0 Å². The van der Waals surface area contributed by atoms with Crippen molar-refractivity contribution in [3.8, 4) is 0 Å². The number of amides is 1. The van der Waals surface area contributed by atoms with Gasteiger partial charge in [-0.3, -0.25) is 14.8 Å². The first-order chi connectivity index (χ1) is 12.1. The van der Waals surface area contributed by atoms with Gasteiger partial charge in [0.15, 0.2) is 5.96 Å². The topological polar surface area (TPSA) is 78.4 Å². The third-order valence-corrected chi connectivity index (χ3v) is 3.85. The summed E-state index contributed by atoms with van der Waals surface area (Å²) in [6, 6.07) is 3.50. The summed E-state index contributed by atoms with van der Waals surface area (Å²) in [5, 5.41) is 9.36. The molecule has 1 aromatic heterocycles. The maximum atomic E-state index is 11.9. The van der Waals surface area contributed by atoms with Crippen LogP contribution in [0.15, 0.2) is 29.5 Å². The number of pyridine rings is 1. The number of carbonyl (C=O) groups excluding carboxylic acids is 1. The number of rotatable bonds is 11. The fourth-order valence-corrected chi connectivity index (χ4v) is 2.41. The standard InChI is InChI=1S/C19H33N5O.HI/c1-16(2)9-6-4-5-7-12-23-19(20-3)24-14-13-22-18(25)17-10-8-11-21-15-17;/h8,10-11,15-16H,4-7,9,12-14H2,1-3H3,(H,22,25)(H2,20,23,24);1H. The van der Waals surface area contributed by atoms with Gasteiger partial charge in [-0.1, -0.05) is 39.5 Å². The Morgan fingerprint density at radius 2 is 1.77 bits per heavy atom. The SMILES string of the molecule is CN=C(NCCCCCCC(C)C)NCCNC(=O)c1cccnc1.I. The second-order valence-electron chi connectivity index (χ2n) is 6.52. The van der Waals surface area contributed by atoms with Crippen molar-refractivity contribution in [2.75, 3.05) is 26.7 Å². The number of aliphatic imine (C=N–C) groups is 1. The second-order valence-corrected chi connectivity index (χ2v) is 6.52. The molecule has 3 N–H and O–H groups in total. The monoisotopic (exact) mass is 475 g/mol. The summed E-state index contributed by atoms with van der Waals surface area (Å²) in [5.74, 6) is 1.47. The summed E-state index contributed by atoms with van der Waals surface area (Å²) in [4.78, 5) is 20.0. The minimum absolute atomic E-state index is 0. The van der Waals surface area contributed by atoms with Crippen LogP contribution in [0.5, 0.6) is 0 Å². The Kier molecular flexibility index (Phi) is 15.0. The lowest BCUT2D eigenvalue weighted by Gasteiger charge is -2.12. The predicted molar refractivity (Wildman–Crippen MR) is 119 cm³/mol. The van der Waals surface area contributed by atoms with E-state index in [9.17, 15) is 4.79 Å². The van der Waals surface area contributed by atoms with Gasteiger partial charge in [0.05, 0.1) is 5.56 Å². The molecule has 0 unspecified atom stereocenters. The van der Waals surface area contributed by atoms with E-state index in [0.717, 1.165) is 24.8 Å². The Hall–Kier alpha value is -1.38. The molecule has 0 bridgehead atoms. The molecule has 1 aromatic rings. The van der Waals surface area contributed by atoms with Gasteiger partial charge in [0.2, 0.25) is 0 Å². The molecule has 26 heavy (non-hydrogen) atoms. The van der Waals surface area contributed by atoms with Crippen molar-refractivity contribution in [1.29, 1.82) is 0 Å². The number of hydrogen-bond acceptors (Lipinski definition) is 3. The maximum Gasteiger partial charge on any atom is 0.252 e. The molecule has 0 saturated carbocycles. The highest BCUT2D eigenvalue weighted by atomic mass is 127. The first kappa shape index (κ1) is 24.6. The highest BCUT2D eigenvalue weighted by Crippen LogP contribution is 2.08. The largest absolute Gasteiger partial charge is 0.356 e. The smallest absolute Gasteiger partial charge is 0.252 e. The van der Waals surface area contributed by atoms with Crippen LogP contribution in [0.4, 0.5) is 0 Å². The lowest BCUT2D eigenvalue weighted by atomic mass is 10.0. The minimum Gasteiger partial charge on any atom is -0.356 e. The zero-order valence-electron chi connectivity index (χ0n) is 16.3. The molecule has 148 valence electrons. The molecule has 6 nitrogen and oxygen atoms in total. The molecular formula is C19H34IN5O. The van der Waals surface area contributed by atoms with Gasteiger partial charge in [0, 0.05) is 39.1 Å². The molecule has 0 aliphatic carbocycles. The molecule has 0 saturated heterocycles. The van der Waals surface area contributed by atoms with E-state index in [0.29, 0.717) is 18.7 Å². The molecule has 7 heteroatoms. The number of nitrogens with one attached hydrogen (secondary N) is 3. The summed E-state index contributed by atoms with van der Waals surface area (Å²) in [6.45, 7) is 6.62. The normalized spacial score (nSPS) is 11.0. The first-order valence-electron chi connectivity index (χ1n) is 9.26. The number of hydrogen-bond donors (Lipinski definition) is 3. The van der Waals surface area contributed by atoms with Crippen molar-refractivity contribution in [1.82, 2.24) is 20.9 Å². The zero-order chi connectivity index (χ0) is 18.3. The summed E-state index contributed by atoms with van der Waals surface area (Å²) in [7, 11) is 1.76. The molecule has 0 fully saturated rings. The van der Waals surface area contributed by atoms with Crippen LogP contribution < -0.4 is 16.0 Å². The predicted octanol–water partition coefficient (Wildman–Crippen LogP) is 3.20. The van der Waals surface area contributed by atoms with Crippen LogP contribution in [0, 0.1) is 5.92 Å². The van der Waals surface area contributed by atoms with E-state index in [1.807, 2.05) is 0 Å². The van der Waals surface area contributed by atoms with E-state index in [1.54, 1.807) is 31.6 Å². The van der Waals surface area contributed by atoms with Crippen molar-refractivity contribution in [3.05, 3.63) is 30.1 Å². The molecule has 0 aromatic carbocycles. The summed E-state index contributed by atoms with van der Waals surface area (Å²) in [6.07, 6.45) is 9.55. The van der Waals surface area contributed by atoms with Crippen molar-refractivity contribution in [2.24, 2.45) is 10.9 Å². The van der Waals surface area contributed by atoms with Crippen LogP contribution in [0.3, 0.4) is 0 Å². The average molecular weight is 475 g/mol. The van der Waals surface area contributed by atoms with Crippen LogP contribution in [0.1, 0.15) is 56.3 Å². The van der Waals surface area contributed by atoms with E-state index < -0.39 is 0 Å². The molecule has 1 rings (SSSR count). The number of aromatic nitrogens is 1. The number of unbranched alkanes of at least 4 members (excludes halogenated alkanes) is 3. The molecule has 0 aliphatic heterocycles. The van der Waals surface area contributed by atoms with Crippen LogP contribution >= 0.6 is 24.0 Å². The van der Waals surface area contributed by atoms with Crippen LogP contribution in [0.25, 0.3) is 0 Å². The number of nitrogens with zero attached hydrogens (tertiary/aromatic N) is 2. The van der Waals surface area contributed by atoms with Gasteiger partial charge in [0.25, 0.3) is 5.91 Å². The van der Waals surface area contributed by atoms with Gasteiger partial charge in [-0.25, -0.2) is 0 Å². The average Bonchev–Trinajstić information content (AvgIpc) is 2.62. The lowest BCUT2D eigenvalue weighted by molar-refractivity contribution is 0.0954. The van der Waals surface area contributed by atoms with Gasteiger partial charge >= 0.3 is 0 Å². The lowest BCUT2D eigenvalue weighted by Crippen LogP contribution is -2.41. The van der Waals surface area contributed by atoms with Gasteiger partial charge in [0.1, 0.15) is 0 Å². The van der Waals surface area contributed by atoms with E-state index in [2.05, 4.69) is 39.8 Å². The third kappa shape index (κ3) is 12.1. The molecule has 0 radical (unpaired) electrons. The van der Waals surface area contributed by atoms with Gasteiger partial charge in [-0.05, 0) is 24.5 Å². The third-order valence-electron chi connectivity index (χ3n) is 3.85. The van der Waals surface area contributed by atoms with Gasteiger partial charge in [-0.2, -0.15) is 0 Å². The Morgan fingerprint density at radius 1 is 1.08 bits per heavy atom. The zero-order valence-corrected chi connectivity index (χ0v) is 18.6. The van der Waals surface area contributed by atoms with Gasteiger partial charge in [-0.15, -0.1) is 24.0 Å². The molecular weight excluding hydrogens is 441 g/mol. The quantitative estimate of drug-likeness (QED) is 0.199. The molecule has 1 heterocycles. The highest BCUT2D eigenvalue weighted by Gasteiger charge is 2.04. The molecule has 0 spiro atoms. The summed E-state index contributed by atoms with van der Waals surface area (Å²) in [5.41, 5.74) is 0.572. The fourth-order valence-electron chi connectivity index (χ4n) is 2.41.